The summed E-state index contributed by atoms with van der Waals surface area (Å²) in [7, 11) is 0. The summed E-state index contributed by atoms with van der Waals surface area (Å²) in [6.45, 7) is 0.612. The lowest BCUT2D eigenvalue weighted by molar-refractivity contribution is 0.431. The molecule has 0 aromatic heterocycles. The zero-order valence-electron chi connectivity index (χ0n) is 10.9. The number of benzene rings is 2. The van der Waals surface area contributed by atoms with Gasteiger partial charge in [0.2, 0.25) is 0 Å². The van der Waals surface area contributed by atoms with E-state index in [2.05, 4.69) is 24.3 Å². The van der Waals surface area contributed by atoms with Crippen molar-refractivity contribution in [3.63, 3.8) is 0 Å². The van der Waals surface area contributed by atoms with Crippen molar-refractivity contribution in [2.75, 3.05) is 6.54 Å². The molecule has 1 aliphatic rings. The summed E-state index contributed by atoms with van der Waals surface area (Å²) in [5.41, 5.74) is 9.82. The molecule has 1 aliphatic carbocycles. The van der Waals surface area contributed by atoms with Crippen LogP contribution in [-0.4, -0.2) is 6.54 Å². The molecular formula is C17H18FN. The molecule has 1 nitrogen and oxygen atoms in total. The molecule has 0 saturated heterocycles. The molecule has 0 radical (unpaired) electrons. The first kappa shape index (κ1) is 12.4. The number of hydrogen-bond acceptors (Lipinski definition) is 1. The van der Waals surface area contributed by atoms with Crippen molar-refractivity contribution in [1.82, 2.24) is 0 Å². The largest absolute Gasteiger partial charge is 0.330 e. The van der Waals surface area contributed by atoms with Crippen LogP contribution in [0, 0.1) is 5.82 Å². The molecular weight excluding hydrogens is 237 g/mol. The fourth-order valence-corrected chi connectivity index (χ4v) is 3.27. The fraction of sp³-hybridized carbons (Fsp3) is 0.294. The smallest absolute Gasteiger partial charge is 0.123 e. The van der Waals surface area contributed by atoms with Gasteiger partial charge in [0, 0.05) is 12.0 Å². The Labute approximate surface area is 113 Å². The average molecular weight is 255 g/mol. The lowest BCUT2D eigenvalue weighted by Gasteiger charge is -2.29. The van der Waals surface area contributed by atoms with Crippen molar-refractivity contribution in [1.29, 1.82) is 0 Å². The van der Waals surface area contributed by atoms with E-state index < -0.39 is 0 Å². The molecule has 19 heavy (non-hydrogen) atoms. The van der Waals surface area contributed by atoms with E-state index in [0.29, 0.717) is 6.54 Å². The summed E-state index contributed by atoms with van der Waals surface area (Å²) in [6, 6.07) is 15.4. The van der Waals surface area contributed by atoms with E-state index in [4.69, 9.17) is 5.73 Å². The third-order valence-corrected chi connectivity index (χ3v) is 4.28. The lowest BCUT2D eigenvalue weighted by atomic mass is 9.76. The van der Waals surface area contributed by atoms with E-state index in [0.717, 1.165) is 24.8 Å². The van der Waals surface area contributed by atoms with Crippen LogP contribution in [-0.2, 0) is 18.3 Å². The van der Waals surface area contributed by atoms with E-state index in [1.807, 2.05) is 6.07 Å². The number of rotatable bonds is 3. The van der Waals surface area contributed by atoms with Crippen molar-refractivity contribution >= 4 is 0 Å². The zero-order chi connectivity index (χ0) is 13.3. The molecule has 2 heteroatoms. The monoisotopic (exact) mass is 255 g/mol. The number of halogens is 1. The topological polar surface area (TPSA) is 26.0 Å². The predicted molar refractivity (Wildman–Crippen MR) is 75.6 cm³/mol. The van der Waals surface area contributed by atoms with Crippen LogP contribution in [0.5, 0.6) is 0 Å². The van der Waals surface area contributed by atoms with Gasteiger partial charge in [-0.15, -0.1) is 0 Å². The Morgan fingerprint density at radius 2 is 1.95 bits per heavy atom. The van der Waals surface area contributed by atoms with Crippen LogP contribution in [0.3, 0.4) is 0 Å². The Morgan fingerprint density at radius 1 is 1.11 bits per heavy atom. The highest BCUT2D eigenvalue weighted by molar-refractivity contribution is 5.41. The Bertz CT molecular complexity index is 593. The van der Waals surface area contributed by atoms with Gasteiger partial charge in [0.15, 0.2) is 0 Å². The van der Waals surface area contributed by atoms with Gasteiger partial charge in [-0.1, -0.05) is 36.4 Å². The lowest BCUT2D eigenvalue weighted by Crippen LogP contribution is -2.35. The van der Waals surface area contributed by atoms with Crippen LogP contribution in [0.2, 0.25) is 0 Å². The normalized spacial score (nSPS) is 21.4. The summed E-state index contributed by atoms with van der Waals surface area (Å²) < 4.78 is 13.3. The third kappa shape index (κ3) is 2.17. The summed E-state index contributed by atoms with van der Waals surface area (Å²) >= 11 is 0. The van der Waals surface area contributed by atoms with Crippen LogP contribution >= 0.6 is 0 Å². The van der Waals surface area contributed by atoms with Crippen molar-refractivity contribution in [2.45, 2.75) is 24.7 Å². The molecule has 0 saturated carbocycles. The number of nitrogens with two attached hydrogens (primary N) is 1. The van der Waals surface area contributed by atoms with Gasteiger partial charge in [-0.25, -0.2) is 4.39 Å². The highest BCUT2D eigenvalue weighted by Gasteiger charge is 2.37. The molecule has 0 bridgehead atoms. The molecule has 1 atom stereocenters. The molecule has 2 aromatic rings. The number of fused-ring (bicyclic) bond motifs is 1. The second-order valence-corrected chi connectivity index (χ2v) is 5.45. The van der Waals surface area contributed by atoms with Gasteiger partial charge in [0.25, 0.3) is 0 Å². The van der Waals surface area contributed by atoms with E-state index in [1.165, 1.54) is 17.2 Å². The standard InChI is InChI=1S/C17H18FN/c18-15-6-3-4-13(10-15)11-17(12-19)9-8-14-5-1-2-7-16(14)17/h1-7,10H,8-9,11-12,19H2. The van der Waals surface area contributed by atoms with Crippen molar-refractivity contribution < 1.29 is 4.39 Å². The minimum Gasteiger partial charge on any atom is -0.330 e. The summed E-state index contributed by atoms with van der Waals surface area (Å²) in [6.07, 6.45) is 2.94. The Kier molecular flexibility index (Phi) is 3.11. The molecule has 0 heterocycles. The van der Waals surface area contributed by atoms with Gasteiger partial charge < -0.3 is 5.73 Å². The first-order valence-electron chi connectivity index (χ1n) is 6.76. The van der Waals surface area contributed by atoms with Crippen LogP contribution < -0.4 is 5.73 Å². The molecule has 98 valence electrons. The molecule has 0 spiro atoms. The van der Waals surface area contributed by atoms with Gasteiger partial charge in [-0.2, -0.15) is 0 Å². The molecule has 0 fully saturated rings. The Hall–Kier alpha value is -1.67. The SMILES string of the molecule is NCC1(Cc2cccc(F)c2)CCc2ccccc21. The quantitative estimate of drug-likeness (QED) is 0.895. The maximum absolute atomic E-state index is 13.3. The minimum atomic E-state index is -0.170. The summed E-state index contributed by atoms with van der Waals surface area (Å²) in [5.74, 6) is -0.170. The van der Waals surface area contributed by atoms with Crippen LogP contribution in [0.1, 0.15) is 23.1 Å². The van der Waals surface area contributed by atoms with Crippen LogP contribution in [0.15, 0.2) is 48.5 Å². The zero-order valence-corrected chi connectivity index (χ0v) is 10.9. The van der Waals surface area contributed by atoms with Gasteiger partial charge in [-0.3, -0.25) is 0 Å². The summed E-state index contributed by atoms with van der Waals surface area (Å²) in [4.78, 5) is 0. The van der Waals surface area contributed by atoms with E-state index in [-0.39, 0.29) is 11.2 Å². The van der Waals surface area contributed by atoms with E-state index in [9.17, 15) is 4.39 Å². The van der Waals surface area contributed by atoms with Crippen molar-refractivity contribution in [3.8, 4) is 0 Å². The number of hydrogen-bond donors (Lipinski definition) is 1. The second-order valence-electron chi connectivity index (χ2n) is 5.45. The van der Waals surface area contributed by atoms with Gasteiger partial charge in [0.05, 0.1) is 0 Å². The summed E-state index contributed by atoms with van der Waals surface area (Å²) in [5, 5.41) is 0. The van der Waals surface area contributed by atoms with E-state index in [1.54, 1.807) is 12.1 Å². The first-order chi connectivity index (χ1) is 9.23. The van der Waals surface area contributed by atoms with Crippen LogP contribution in [0.25, 0.3) is 0 Å². The molecule has 3 rings (SSSR count). The first-order valence-corrected chi connectivity index (χ1v) is 6.76. The fourth-order valence-electron chi connectivity index (χ4n) is 3.27. The van der Waals surface area contributed by atoms with Crippen molar-refractivity contribution in [2.24, 2.45) is 5.73 Å². The van der Waals surface area contributed by atoms with Crippen molar-refractivity contribution in [3.05, 3.63) is 71.0 Å². The van der Waals surface area contributed by atoms with E-state index >= 15 is 0 Å². The molecule has 2 N–H and O–H groups in total. The maximum Gasteiger partial charge on any atom is 0.123 e. The highest BCUT2D eigenvalue weighted by atomic mass is 19.1. The molecule has 2 aromatic carbocycles. The van der Waals surface area contributed by atoms with Gasteiger partial charge >= 0.3 is 0 Å². The minimum absolute atomic E-state index is 0.0234. The highest BCUT2D eigenvalue weighted by Crippen LogP contribution is 2.40. The average Bonchev–Trinajstić information content (AvgIpc) is 2.79. The number of aryl methyl sites for hydroxylation is 1. The Morgan fingerprint density at radius 3 is 2.74 bits per heavy atom. The second kappa shape index (κ2) is 4.78. The van der Waals surface area contributed by atoms with Gasteiger partial charge in [0.1, 0.15) is 5.82 Å². The van der Waals surface area contributed by atoms with Gasteiger partial charge in [-0.05, 0) is 48.1 Å². The molecule has 0 aliphatic heterocycles. The molecule has 1 unspecified atom stereocenters. The van der Waals surface area contributed by atoms with Crippen LogP contribution in [0.4, 0.5) is 4.39 Å². The molecule has 0 amide bonds. The predicted octanol–water partition coefficient (Wildman–Crippen LogP) is 3.21. The maximum atomic E-state index is 13.3. The Balaban J connectivity index is 1.98. The third-order valence-electron chi connectivity index (χ3n) is 4.28.